The van der Waals surface area contributed by atoms with Crippen molar-refractivity contribution in [3.8, 4) is 5.75 Å². The number of rotatable bonds is 1. The molecule has 0 radical (unpaired) electrons. The highest BCUT2D eigenvalue weighted by Gasteiger charge is 2.07. The Hall–Kier alpha value is 0.440. The van der Waals surface area contributed by atoms with Crippen molar-refractivity contribution in [3.63, 3.8) is 0 Å². The number of hydrogen-bond donors (Lipinski definition) is 2. The molecule has 0 saturated carbocycles. The monoisotopic (exact) mass is 389 g/mol. The summed E-state index contributed by atoms with van der Waals surface area (Å²) < 4.78 is 1.71. The molecule has 0 amide bonds. The summed E-state index contributed by atoms with van der Waals surface area (Å²) in [5, 5.41) is 9.46. The number of nitrogens with two attached hydrogens (primary N) is 1. The minimum atomic E-state index is 0.0210. The lowest BCUT2D eigenvalue weighted by atomic mass is 10.1. The Morgan fingerprint density at radius 3 is 2.08 bits per heavy atom. The van der Waals surface area contributed by atoms with Gasteiger partial charge in [-0.25, -0.2) is 0 Å². The van der Waals surface area contributed by atoms with E-state index in [1.165, 1.54) is 0 Å². The van der Waals surface area contributed by atoms with Crippen molar-refractivity contribution in [2.75, 3.05) is 0 Å². The average molecular weight is 389 g/mol. The van der Waals surface area contributed by atoms with Gasteiger partial charge in [-0.15, -0.1) is 0 Å². The molecule has 12 heavy (non-hydrogen) atoms. The smallest absolute Gasteiger partial charge is 0.142 e. The molecule has 3 N–H and O–H groups in total. The van der Waals surface area contributed by atoms with E-state index in [0.29, 0.717) is 5.75 Å². The van der Waals surface area contributed by atoms with E-state index in [1.54, 1.807) is 0 Å². The summed E-state index contributed by atoms with van der Waals surface area (Å²) in [5.74, 6) is 0.348. The Bertz CT molecular complexity index is 276. The Morgan fingerprint density at radius 2 is 1.75 bits per heavy atom. The van der Waals surface area contributed by atoms with Gasteiger partial charge in [0.05, 0.1) is 7.14 Å². The zero-order valence-electron chi connectivity index (χ0n) is 6.51. The molecule has 1 aromatic rings. The fourth-order valence-electron chi connectivity index (χ4n) is 0.848. The van der Waals surface area contributed by atoms with Crippen molar-refractivity contribution in [3.05, 3.63) is 24.8 Å². The summed E-state index contributed by atoms with van der Waals surface area (Å²) >= 11 is 4.20. The molecule has 0 aromatic heterocycles. The largest absolute Gasteiger partial charge is 0.506 e. The fourth-order valence-corrected chi connectivity index (χ4v) is 2.66. The first-order valence-electron chi connectivity index (χ1n) is 3.46. The van der Waals surface area contributed by atoms with Crippen LogP contribution in [0.2, 0.25) is 0 Å². The topological polar surface area (TPSA) is 46.2 Å². The highest BCUT2D eigenvalue weighted by Crippen LogP contribution is 2.28. The van der Waals surface area contributed by atoms with Crippen molar-refractivity contribution >= 4 is 45.2 Å². The van der Waals surface area contributed by atoms with Crippen molar-refractivity contribution in [1.29, 1.82) is 0 Å². The van der Waals surface area contributed by atoms with E-state index in [4.69, 9.17) is 5.73 Å². The van der Waals surface area contributed by atoms with E-state index in [0.717, 1.165) is 12.7 Å². The maximum atomic E-state index is 9.46. The molecule has 0 aliphatic carbocycles. The van der Waals surface area contributed by atoms with Gasteiger partial charge in [-0.05, 0) is 69.8 Å². The van der Waals surface area contributed by atoms with Crippen LogP contribution in [-0.4, -0.2) is 5.11 Å². The molecule has 1 rings (SSSR count). The van der Waals surface area contributed by atoms with Gasteiger partial charge >= 0.3 is 0 Å². The van der Waals surface area contributed by atoms with Gasteiger partial charge in [0.2, 0.25) is 0 Å². The van der Waals surface area contributed by atoms with E-state index in [2.05, 4.69) is 45.2 Å². The van der Waals surface area contributed by atoms with E-state index in [-0.39, 0.29) is 6.04 Å². The van der Waals surface area contributed by atoms with Crippen molar-refractivity contribution in [1.82, 2.24) is 0 Å². The zero-order valence-corrected chi connectivity index (χ0v) is 10.8. The van der Waals surface area contributed by atoms with Crippen molar-refractivity contribution < 1.29 is 5.11 Å². The molecule has 0 spiro atoms. The first-order valence-corrected chi connectivity index (χ1v) is 5.61. The van der Waals surface area contributed by atoms with Gasteiger partial charge in [0, 0.05) is 6.04 Å². The Labute approximate surface area is 98.8 Å². The van der Waals surface area contributed by atoms with Crippen molar-refractivity contribution in [2.24, 2.45) is 5.73 Å². The molecule has 1 aromatic carbocycles. The molecule has 2 nitrogen and oxygen atoms in total. The maximum Gasteiger partial charge on any atom is 0.142 e. The van der Waals surface area contributed by atoms with E-state index < -0.39 is 0 Å². The Balaban J connectivity index is 3.21. The third-order valence-corrected chi connectivity index (χ3v) is 3.21. The number of aromatic hydroxyl groups is 1. The van der Waals surface area contributed by atoms with Crippen LogP contribution in [-0.2, 0) is 0 Å². The van der Waals surface area contributed by atoms with Crippen molar-refractivity contribution in [2.45, 2.75) is 13.0 Å². The molecule has 0 saturated heterocycles. The molecule has 0 bridgehead atoms. The number of phenols is 1. The van der Waals surface area contributed by atoms with Crippen LogP contribution in [0.1, 0.15) is 18.5 Å². The second kappa shape index (κ2) is 4.10. The van der Waals surface area contributed by atoms with Gasteiger partial charge in [0.1, 0.15) is 5.75 Å². The SMILES string of the molecule is C[C@H](N)c1cc(I)c(O)c(I)c1. The Morgan fingerprint density at radius 1 is 1.33 bits per heavy atom. The molecule has 0 aliphatic heterocycles. The maximum absolute atomic E-state index is 9.46. The molecular formula is C8H9I2NO. The molecule has 4 heteroatoms. The van der Waals surface area contributed by atoms with Gasteiger partial charge in [0.15, 0.2) is 0 Å². The standard InChI is InChI=1S/C8H9I2NO/c1-4(11)5-2-6(9)8(12)7(10)3-5/h2-4,12H,11H2,1H3/t4-/m0/s1. The summed E-state index contributed by atoms with van der Waals surface area (Å²) in [7, 11) is 0. The number of phenolic OH excluding ortho intramolecular Hbond substituents is 1. The van der Waals surface area contributed by atoms with Crippen LogP contribution in [0.5, 0.6) is 5.75 Å². The highest BCUT2D eigenvalue weighted by molar-refractivity contribution is 14.1. The lowest BCUT2D eigenvalue weighted by Crippen LogP contribution is -2.05. The first kappa shape index (κ1) is 10.5. The van der Waals surface area contributed by atoms with Crippen LogP contribution in [0.4, 0.5) is 0 Å². The van der Waals surface area contributed by atoms with Crippen LogP contribution < -0.4 is 5.73 Å². The van der Waals surface area contributed by atoms with Gasteiger partial charge in [0.25, 0.3) is 0 Å². The first-order chi connectivity index (χ1) is 5.52. The molecule has 0 heterocycles. The molecule has 0 unspecified atom stereocenters. The van der Waals surface area contributed by atoms with E-state index in [1.807, 2.05) is 19.1 Å². The Kier molecular flexibility index (Phi) is 3.59. The minimum absolute atomic E-state index is 0.0210. The normalized spacial score (nSPS) is 13.0. The van der Waals surface area contributed by atoms with Crippen LogP contribution in [0.15, 0.2) is 12.1 Å². The third-order valence-electron chi connectivity index (χ3n) is 1.57. The lowest BCUT2D eigenvalue weighted by Gasteiger charge is -2.08. The second-order valence-electron chi connectivity index (χ2n) is 2.62. The molecule has 1 atom stereocenters. The highest BCUT2D eigenvalue weighted by atomic mass is 127. The molecule has 0 fully saturated rings. The molecular weight excluding hydrogens is 380 g/mol. The minimum Gasteiger partial charge on any atom is -0.506 e. The third kappa shape index (κ3) is 2.23. The predicted octanol–water partition coefficient (Wildman–Crippen LogP) is 2.62. The van der Waals surface area contributed by atoms with E-state index in [9.17, 15) is 5.11 Å². The number of halogens is 2. The van der Waals surface area contributed by atoms with Crippen LogP contribution in [0.25, 0.3) is 0 Å². The lowest BCUT2D eigenvalue weighted by molar-refractivity contribution is 0.467. The summed E-state index contributed by atoms with van der Waals surface area (Å²) in [5.41, 5.74) is 6.77. The van der Waals surface area contributed by atoms with Crippen LogP contribution in [0.3, 0.4) is 0 Å². The van der Waals surface area contributed by atoms with Gasteiger partial charge < -0.3 is 10.8 Å². The summed E-state index contributed by atoms with van der Waals surface area (Å²) in [4.78, 5) is 0. The molecule has 0 aliphatic rings. The summed E-state index contributed by atoms with van der Waals surface area (Å²) in [6.45, 7) is 1.93. The van der Waals surface area contributed by atoms with Crippen LogP contribution >= 0.6 is 45.2 Å². The van der Waals surface area contributed by atoms with Crippen LogP contribution in [0, 0.1) is 7.14 Å². The average Bonchev–Trinajstić information content (AvgIpc) is 1.99. The summed E-state index contributed by atoms with van der Waals surface area (Å²) in [6.07, 6.45) is 0. The fraction of sp³-hybridized carbons (Fsp3) is 0.250. The number of benzene rings is 1. The zero-order chi connectivity index (χ0) is 9.30. The second-order valence-corrected chi connectivity index (χ2v) is 4.95. The summed E-state index contributed by atoms with van der Waals surface area (Å²) in [6, 6.07) is 3.83. The van der Waals surface area contributed by atoms with Gasteiger partial charge in [-0.1, -0.05) is 0 Å². The number of hydrogen-bond acceptors (Lipinski definition) is 2. The predicted molar refractivity (Wildman–Crippen MR) is 66.1 cm³/mol. The quantitative estimate of drug-likeness (QED) is 0.726. The van der Waals surface area contributed by atoms with Gasteiger partial charge in [-0.3, -0.25) is 0 Å². The molecule has 66 valence electrons. The van der Waals surface area contributed by atoms with E-state index >= 15 is 0 Å². The van der Waals surface area contributed by atoms with Gasteiger partial charge in [-0.2, -0.15) is 0 Å².